The maximum absolute atomic E-state index is 13.2. The predicted octanol–water partition coefficient (Wildman–Crippen LogP) is 3.96. The van der Waals surface area contributed by atoms with Gasteiger partial charge < -0.3 is 4.98 Å². The van der Waals surface area contributed by atoms with Crippen molar-refractivity contribution >= 4 is 12.2 Å². The van der Waals surface area contributed by atoms with Crippen molar-refractivity contribution in [3.8, 4) is 11.4 Å². The van der Waals surface area contributed by atoms with Gasteiger partial charge in [0.15, 0.2) is 0 Å². The number of nitrogens with zero attached hydrogens (tertiary/aromatic N) is 1. The number of aromatic amines is 1. The lowest BCUT2D eigenvalue weighted by atomic mass is 10.1. The minimum atomic E-state index is -0.634. The number of aromatic nitrogens is 2. The van der Waals surface area contributed by atoms with Gasteiger partial charge in [-0.25, -0.2) is 13.8 Å². The van der Waals surface area contributed by atoms with Crippen LogP contribution in [-0.2, 0) is 6.42 Å². The third kappa shape index (κ3) is 2.46. The van der Waals surface area contributed by atoms with Gasteiger partial charge in [-0.05, 0) is 25.5 Å². The Morgan fingerprint density at radius 2 is 1.83 bits per heavy atom. The Kier molecular flexibility index (Phi) is 3.52. The van der Waals surface area contributed by atoms with Gasteiger partial charge in [0, 0.05) is 22.9 Å². The summed E-state index contributed by atoms with van der Waals surface area (Å²) >= 11 is 5.14. The monoisotopic (exact) mass is 266 g/mol. The Morgan fingerprint density at radius 3 is 2.39 bits per heavy atom. The topological polar surface area (TPSA) is 28.7 Å². The van der Waals surface area contributed by atoms with Crippen molar-refractivity contribution < 1.29 is 8.78 Å². The Bertz CT molecular complexity index is 630. The van der Waals surface area contributed by atoms with E-state index < -0.39 is 11.6 Å². The van der Waals surface area contributed by atoms with Crippen LogP contribution in [0.25, 0.3) is 11.4 Å². The fourth-order valence-corrected chi connectivity index (χ4v) is 1.97. The molecule has 0 bridgehead atoms. The molecule has 0 fully saturated rings. The Morgan fingerprint density at radius 1 is 1.22 bits per heavy atom. The lowest BCUT2D eigenvalue weighted by Crippen LogP contribution is -2.00. The minimum absolute atomic E-state index is 0.355. The number of H-pyrrole nitrogens is 1. The van der Waals surface area contributed by atoms with Gasteiger partial charge in [-0.3, -0.25) is 0 Å². The fourth-order valence-electron chi connectivity index (χ4n) is 1.76. The number of benzene rings is 1. The van der Waals surface area contributed by atoms with E-state index in [4.69, 9.17) is 12.2 Å². The maximum Gasteiger partial charge on any atom is 0.139 e. The van der Waals surface area contributed by atoms with Crippen LogP contribution in [0, 0.1) is 23.2 Å². The molecule has 1 aromatic heterocycles. The third-order valence-corrected chi connectivity index (χ3v) is 3.14. The third-order valence-electron chi connectivity index (χ3n) is 2.75. The van der Waals surface area contributed by atoms with Crippen LogP contribution in [-0.4, -0.2) is 9.97 Å². The summed E-state index contributed by atoms with van der Waals surface area (Å²) in [5.74, 6) is -0.879. The molecule has 94 valence electrons. The lowest BCUT2D eigenvalue weighted by molar-refractivity contribution is 0.584. The van der Waals surface area contributed by atoms with Gasteiger partial charge in [0.1, 0.15) is 22.1 Å². The van der Waals surface area contributed by atoms with Crippen molar-refractivity contribution in [3.63, 3.8) is 0 Å². The van der Waals surface area contributed by atoms with Gasteiger partial charge in [0.25, 0.3) is 0 Å². The molecular formula is C13H12F2N2S. The van der Waals surface area contributed by atoms with E-state index in [1.807, 2.05) is 13.8 Å². The molecule has 5 heteroatoms. The van der Waals surface area contributed by atoms with Gasteiger partial charge in [-0.2, -0.15) is 0 Å². The quantitative estimate of drug-likeness (QED) is 0.834. The average molecular weight is 266 g/mol. The highest BCUT2D eigenvalue weighted by Gasteiger charge is 2.08. The number of hydrogen-bond donors (Lipinski definition) is 1. The molecule has 2 nitrogen and oxygen atoms in total. The van der Waals surface area contributed by atoms with Crippen LogP contribution in [0.15, 0.2) is 18.2 Å². The molecule has 18 heavy (non-hydrogen) atoms. The van der Waals surface area contributed by atoms with Crippen molar-refractivity contribution in [1.29, 1.82) is 0 Å². The summed E-state index contributed by atoms with van der Waals surface area (Å²) in [4.78, 5) is 7.22. The highest BCUT2D eigenvalue weighted by atomic mass is 32.1. The Labute approximate surface area is 109 Å². The molecule has 2 aromatic rings. The van der Waals surface area contributed by atoms with Crippen LogP contribution in [0.2, 0.25) is 0 Å². The molecule has 0 saturated carbocycles. The second-order valence-corrected chi connectivity index (χ2v) is 4.39. The number of aryl methyl sites for hydroxylation is 1. The maximum atomic E-state index is 13.2. The first-order valence-electron chi connectivity index (χ1n) is 5.57. The van der Waals surface area contributed by atoms with Gasteiger partial charge in [0.05, 0.1) is 0 Å². The Balaban J connectivity index is 2.64. The van der Waals surface area contributed by atoms with Crippen LogP contribution in [0.3, 0.4) is 0 Å². The zero-order valence-corrected chi connectivity index (χ0v) is 10.9. The summed E-state index contributed by atoms with van der Waals surface area (Å²) in [6, 6.07) is 3.28. The largest absolute Gasteiger partial charge is 0.343 e. The first-order chi connectivity index (χ1) is 8.51. The van der Waals surface area contributed by atoms with Crippen molar-refractivity contribution in [1.82, 2.24) is 9.97 Å². The van der Waals surface area contributed by atoms with E-state index in [9.17, 15) is 8.78 Å². The molecule has 1 aromatic carbocycles. The number of nitrogens with one attached hydrogen (secondary N) is 1. The van der Waals surface area contributed by atoms with Crippen LogP contribution < -0.4 is 0 Å². The molecule has 0 unspecified atom stereocenters. The SMILES string of the molecule is CCc1[nH]c(-c2cc(F)cc(F)c2)nc(=S)c1C. The van der Waals surface area contributed by atoms with Crippen molar-refractivity contribution in [2.24, 2.45) is 0 Å². The molecule has 0 aliphatic carbocycles. The number of hydrogen-bond acceptors (Lipinski definition) is 2. The first kappa shape index (κ1) is 12.8. The average Bonchev–Trinajstić information content (AvgIpc) is 2.31. The van der Waals surface area contributed by atoms with Gasteiger partial charge in [-0.15, -0.1) is 0 Å². The van der Waals surface area contributed by atoms with E-state index in [1.54, 1.807) is 0 Å². The molecule has 0 atom stereocenters. The molecule has 0 spiro atoms. The van der Waals surface area contributed by atoms with Crippen LogP contribution in [0.4, 0.5) is 8.78 Å². The van der Waals surface area contributed by atoms with Crippen molar-refractivity contribution in [3.05, 3.63) is 45.7 Å². The van der Waals surface area contributed by atoms with Crippen molar-refractivity contribution in [2.45, 2.75) is 20.3 Å². The molecule has 0 aliphatic rings. The fraction of sp³-hybridized carbons (Fsp3) is 0.231. The zero-order chi connectivity index (χ0) is 13.3. The molecule has 0 amide bonds. The van der Waals surface area contributed by atoms with E-state index in [0.717, 1.165) is 23.7 Å². The summed E-state index contributed by atoms with van der Waals surface area (Å²) in [7, 11) is 0. The van der Waals surface area contributed by atoms with Gasteiger partial charge >= 0.3 is 0 Å². The van der Waals surface area contributed by atoms with E-state index in [-0.39, 0.29) is 0 Å². The smallest absolute Gasteiger partial charge is 0.139 e. The summed E-state index contributed by atoms with van der Waals surface area (Å²) < 4.78 is 26.8. The molecule has 0 radical (unpaired) electrons. The molecule has 2 rings (SSSR count). The Hall–Kier alpha value is -1.62. The van der Waals surface area contributed by atoms with Crippen LogP contribution in [0.1, 0.15) is 18.2 Å². The second kappa shape index (κ2) is 4.94. The summed E-state index contributed by atoms with van der Waals surface area (Å²) in [5.41, 5.74) is 2.18. The lowest BCUT2D eigenvalue weighted by Gasteiger charge is -2.08. The number of rotatable bonds is 2. The normalized spacial score (nSPS) is 10.7. The van der Waals surface area contributed by atoms with E-state index in [2.05, 4.69) is 9.97 Å². The molecule has 0 aliphatic heterocycles. The van der Waals surface area contributed by atoms with Crippen molar-refractivity contribution in [2.75, 3.05) is 0 Å². The van der Waals surface area contributed by atoms with E-state index in [1.165, 1.54) is 12.1 Å². The molecule has 1 N–H and O–H groups in total. The summed E-state index contributed by atoms with van der Waals surface area (Å²) in [6.07, 6.45) is 0.753. The first-order valence-corrected chi connectivity index (χ1v) is 5.98. The van der Waals surface area contributed by atoms with Crippen LogP contribution >= 0.6 is 12.2 Å². The highest BCUT2D eigenvalue weighted by molar-refractivity contribution is 7.71. The minimum Gasteiger partial charge on any atom is -0.343 e. The van der Waals surface area contributed by atoms with Gasteiger partial charge in [0.2, 0.25) is 0 Å². The highest BCUT2D eigenvalue weighted by Crippen LogP contribution is 2.20. The summed E-state index contributed by atoms with van der Waals surface area (Å²) in [6.45, 7) is 3.85. The molecule has 0 saturated heterocycles. The van der Waals surface area contributed by atoms with Gasteiger partial charge in [-0.1, -0.05) is 19.1 Å². The van der Waals surface area contributed by atoms with Crippen LogP contribution in [0.5, 0.6) is 0 Å². The number of halogens is 2. The standard InChI is InChI=1S/C13H12F2N2S/c1-3-11-7(2)13(18)17-12(16-11)8-4-9(14)6-10(15)5-8/h4-6H,3H2,1-2H3,(H,16,17,18). The molecular weight excluding hydrogens is 254 g/mol. The zero-order valence-electron chi connectivity index (χ0n) is 10.1. The predicted molar refractivity (Wildman–Crippen MR) is 68.9 cm³/mol. The second-order valence-electron chi connectivity index (χ2n) is 4.01. The van der Waals surface area contributed by atoms with E-state index in [0.29, 0.717) is 16.0 Å². The van der Waals surface area contributed by atoms with E-state index >= 15 is 0 Å². The molecule has 1 heterocycles. The summed E-state index contributed by atoms with van der Waals surface area (Å²) in [5, 5.41) is 0.